The summed E-state index contributed by atoms with van der Waals surface area (Å²) in [6, 6.07) is 5.66. The number of carbonyl (C=O) groups is 1. The minimum Gasteiger partial charge on any atom is -0.474 e. The molecule has 7 heteroatoms. The lowest BCUT2D eigenvalue weighted by atomic mass is 10.0. The lowest BCUT2D eigenvalue weighted by Gasteiger charge is -2.31. The number of carbonyl (C=O) groups excluding carboxylic acids is 1. The molecule has 0 saturated carbocycles. The maximum atomic E-state index is 13.0. The quantitative estimate of drug-likeness (QED) is 0.804. The van der Waals surface area contributed by atoms with Crippen molar-refractivity contribution in [2.45, 2.75) is 44.6 Å². The van der Waals surface area contributed by atoms with Crippen LogP contribution < -0.4 is 4.74 Å². The molecule has 0 aliphatic carbocycles. The second-order valence-corrected chi connectivity index (χ2v) is 8.19. The number of amides is 1. The van der Waals surface area contributed by atoms with E-state index in [9.17, 15) is 4.79 Å². The zero-order chi connectivity index (χ0) is 18.6. The van der Waals surface area contributed by atoms with Crippen molar-refractivity contribution < 1.29 is 14.3 Å². The van der Waals surface area contributed by atoms with Gasteiger partial charge in [-0.3, -0.25) is 4.79 Å². The van der Waals surface area contributed by atoms with Crippen molar-refractivity contribution in [1.29, 1.82) is 0 Å². The van der Waals surface area contributed by atoms with E-state index >= 15 is 0 Å². The minimum absolute atomic E-state index is 0.101. The lowest BCUT2D eigenvalue weighted by molar-refractivity contribution is 0.0591. The topological polar surface area (TPSA) is 64.5 Å². The summed E-state index contributed by atoms with van der Waals surface area (Å²) in [6.07, 6.45) is 5.65. The largest absolute Gasteiger partial charge is 0.474 e. The molecule has 0 radical (unpaired) electrons. The van der Waals surface area contributed by atoms with Crippen molar-refractivity contribution >= 4 is 17.2 Å². The Kier molecular flexibility index (Phi) is 5.69. The van der Waals surface area contributed by atoms with Gasteiger partial charge in [0, 0.05) is 50.7 Å². The van der Waals surface area contributed by atoms with E-state index in [1.54, 1.807) is 17.5 Å². The normalized spacial score (nSPS) is 21.2. The number of rotatable bonds is 4. The number of aryl methyl sites for hydroxylation is 1. The Morgan fingerprint density at radius 2 is 2.15 bits per heavy atom. The van der Waals surface area contributed by atoms with Crippen LogP contribution >= 0.6 is 11.3 Å². The molecule has 0 spiro atoms. The Balaban J connectivity index is 1.36. The van der Waals surface area contributed by atoms with Crippen molar-refractivity contribution in [3.63, 3.8) is 0 Å². The van der Waals surface area contributed by atoms with Gasteiger partial charge in [0.2, 0.25) is 5.88 Å². The van der Waals surface area contributed by atoms with Crippen LogP contribution in [0, 0.1) is 6.92 Å². The van der Waals surface area contributed by atoms with Crippen molar-refractivity contribution in [3.05, 3.63) is 40.0 Å². The van der Waals surface area contributed by atoms with Crippen LogP contribution in [-0.4, -0.2) is 53.2 Å². The van der Waals surface area contributed by atoms with Crippen LogP contribution in [0.2, 0.25) is 0 Å². The summed E-state index contributed by atoms with van der Waals surface area (Å²) in [6.45, 7) is 4.90. The number of hydrogen-bond acceptors (Lipinski definition) is 6. The number of aromatic nitrogens is 2. The molecule has 2 aromatic rings. The van der Waals surface area contributed by atoms with E-state index in [4.69, 9.17) is 9.47 Å². The third-order valence-corrected chi connectivity index (χ3v) is 6.48. The average Bonchev–Trinajstić information content (AvgIpc) is 3.11. The minimum atomic E-state index is 0.101. The Morgan fingerprint density at radius 3 is 2.85 bits per heavy atom. The first-order chi connectivity index (χ1) is 13.2. The fourth-order valence-electron chi connectivity index (χ4n) is 3.63. The van der Waals surface area contributed by atoms with Gasteiger partial charge in [0.05, 0.1) is 17.3 Å². The zero-order valence-electron chi connectivity index (χ0n) is 15.6. The third kappa shape index (κ3) is 4.30. The smallest absolute Gasteiger partial charge is 0.265 e. The Morgan fingerprint density at radius 1 is 1.30 bits per heavy atom. The molecule has 0 bridgehead atoms. The molecule has 2 aromatic heterocycles. The molecule has 1 unspecified atom stereocenters. The van der Waals surface area contributed by atoms with Crippen LogP contribution in [0.15, 0.2) is 24.4 Å². The number of piperidine rings is 1. The predicted molar refractivity (Wildman–Crippen MR) is 103 cm³/mol. The van der Waals surface area contributed by atoms with Crippen LogP contribution in [0.5, 0.6) is 5.88 Å². The second kappa shape index (κ2) is 8.35. The molecule has 6 nitrogen and oxygen atoms in total. The number of pyridine rings is 1. The summed E-state index contributed by atoms with van der Waals surface area (Å²) < 4.78 is 11.5. The average molecular weight is 388 g/mol. The molecule has 4 heterocycles. The fraction of sp³-hybridized carbons (Fsp3) is 0.550. The van der Waals surface area contributed by atoms with Crippen LogP contribution in [0.1, 0.15) is 52.0 Å². The molecule has 1 amide bonds. The number of hydrogen-bond donors (Lipinski definition) is 0. The molecular formula is C20H25N3O3S. The molecule has 144 valence electrons. The van der Waals surface area contributed by atoms with Gasteiger partial charge >= 0.3 is 0 Å². The molecule has 4 rings (SSSR count). The highest BCUT2D eigenvalue weighted by Gasteiger charge is 2.29. The summed E-state index contributed by atoms with van der Waals surface area (Å²) in [7, 11) is 0. The van der Waals surface area contributed by atoms with Gasteiger partial charge in [0.1, 0.15) is 11.0 Å². The van der Waals surface area contributed by atoms with Gasteiger partial charge in [-0.1, -0.05) is 6.07 Å². The molecule has 1 atom stereocenters. The monoisotopic (exact) mass is 387 g/mol. The van der Waals surface area contributed by atoms with Crippen LogP contribution in [0.3, 0.4) is 0 Å². The Hall–Kier alpha value is -1.99. The van der Waals surface area contributed by atoms with Crippen LogP contribution in [0.4, 0.5) is 0 Å². The maximum Gasteiger partial charge on any atom is 0.265 e. The second-order valence-electron chi connectivity index (χ2n) is 7.16. The highest BCUT2D eigenvalue weighted by molar-refractivity contribution is 7.13. The van der Waals surface area contributed by atoms with E-state index in [2.05, 4.69) is 9.97 Å². The Bertz CT molecular complexity index is 766. The van der Waals surface area contributed by atoms with Crippen molar-refractivity contribution in [2.24, 2.45) is 0 Å². The highest BCUT2D eigenvalue weighted by atomic mass is 32.1. The summed E-state index contributed by atoms with van der Waals surface area (Å²) in [4.78, 5) is 24.6. The van der Waals surface area contributed by atoms with E-state index < -0.39 is 0 Å². The van der Waals surface area contributed by atoms with Crippen LogP contribution in [-0.2, 0) is 4.74 Å². The van der Waals surface area contributed by atoms with Gasteiger partial charge < -0.3 is 14.4 Å². The summed E-state index contributed by atoms with van der Waals surface area (Å²) in [5.74, 6) is 1.09. The summed E-state index contributed by atoms with van der Waals surface area (Å²) >= 11 is 1.55. The first-order valence-electron chi connectivity index (χ1n) is 9.62. The van der Waals surface area contributed by atoms with Gasteiger partial charge in [0.15, 0.2) is 0 Å². The van der Waals surface area contributed by atoms with E-state index in [1.807, 2.05) is 30.0 Å². The van der Waals surface area contributed by atoms with Gasteiger partial charge in [-0.15, -0.1) is 11.3 Å². The van der Waals surface area contributed by atoms with Gasteiger partial charge in [-0.2, -0.15) is 0 Å². The first kappa shape index (κ1) is 18.4. The van der Waals surface area contributed by atoms with E-state index in [0.29, 0.717) is 24.9 Å². The lowest BCUT2D eigenvalue weighted by Crippen LogP contribution is -2.41. The van der Waals surface area contributed by atoms with Crippen molar-refractivity contribution in [1.82, 2.24) is 14.9 Å². The zero-order valence-corrected chi connectivity index (χ0v) is 16.4. The van der Waals surface area contributed by atoms with E-state index in [0.717, 1.165) is 54.5 Å². The van der Waals surface area contributed by atoms with E-state index in [1.165, 1.54) is 0 Å². The number of nitrogens with zero attached hydrogens (tertiary/aromatic N) is 3. The van der Waals surface area contributed by atoms with Crippen LogP contribution in [0.25, 0.3) is 0 Å². The third-order valence-electron chi connectivity index (χ3n) is 5.17. The molecular weight excluding hydrogens is 362 g/mol. The number of likely N-dealkylation sites (tertiary alicyclic amines) is 1. The van der Waals surface area contributed by atoms with E-state index in [-0.39, 0.29) is 12.0 Å². The predicted octanol–water partition coefficient (Wildman–Crippen LogP) is 3.42. The van der Waals surface area contributed by atoms with Gasteiger partial charge in [-0.25, -0.2) is 9.97 Å². The van der Waals surface area contributed by atoms with Crippen molar-refractivity contribution in [2.75, 3.05) is 26.3 Å². The SMILES string of the molecule is Cc1nc(C2CCCOC2)sc1C(=O)N1CCC(Oc2ccccn2)CC1. The number of ether oxygens (including phenoxy) is 2. The van der Waals surface area contributed by atoms with Gasteiger partial charge in [0.25, 0.3) is 5.91 Å². The molecule has 0 N–H and O–H groups in total. The fourth-order valence-corrected chi connectivity index (χ4v) is 4.79. The maximum absolute atomic E-state index is 13.0. The molecule has 2 aliphatic heterocycles. The summed E-state index contributed by atoms with van der Waals surface area (Å²) in [5, 5.41) is 1.05. The molecule has 2 aliphatic rings. The molecule has 0 aromatic carbocycles. The first-order valence-corrected chi connectivity index (χ1v) is 10.4. The molecule has 2 saturated heterocycles. The van der Waals surface area contributed by atoms with Crippen molar-refractivity contribution in [3.8, 4) is 5.88 Å². The molecule has 2 fully saturated rings. The summed E-state index contributed by atoms with van der Waals surface area (Å²) in [5.41, 5.74) is 0.845. The highest BCUT2D eigenvalue weighted by Crippen LogP contribution is 2.31. The Labute approximate surface area is 163 Å². The molecule has 27 heavy (non-hydrogen) atoms. The standard InChI is InChI=1S/C20H25N3O3S/c1-14-18(27-19(22-14)15-5-4-12-25-13-15)20(24)23-10-7-16(8-11-23)26-17-6-2-3-9-21-17/h2-3,6,9,15-16H,4-5,7-8,10-13H2,1H3. The van der Waals surface area contributed by atoms with Gasteiger partial charge in [-0.05, 0) is 25.8 Å². The number of thiazole rings is 1.